The Morgan fingerprint density at radius 2 is 1.74 bits per heavy atom. The first kappa shape index (κ1) is 14.6. The third kappa shape index (κ3) is 3.82. The first-order valence-corrected chi connectivity index (χ1v) is 7.60. The summed E-state index contributed by atoms with van der Waals surface area (Å²) in [7, 11) is 0. The van der Waals surface area contributed by atoms with Gasteiger partial charge in [-0.3, -0.25) is 9.69 Å². The molecule has 1 amide bonds. The van der Waals surface area contributed by atoms with Crippen LogP contribution in [0.15, 0.2) is 27.1 Å². The molecule has 0 spiro atoms. The van der Waals surface area contributed by atoms with E-state index in [9.17, 15) is 4.79 Å². The molecule has 1 aromatic rings. The van der Waals surface area contributed by atoms with Crippen LogP contribution >= 0.6 is 31.9 Å². The minimum atomic E-state index is 0.0716. The van der Waals surface area contributed by atoms with Gasteiger partial charge in [0.25, 0.3) is 5.91 Å². The fraction of sp³-hybridized carbons (Fsp3) is 0.357. The monoisotopic (exact) mass is 384 g/mol. The summed E-state index contributed by atoms with van der Waals surface area (Å²) in [6.45, 7) is 3.79. The summed E-state index contributed by atoms with van der Waals surface area (Å²) in [4.78, 5) is 16.5. The lowest BCUT2D eigenvalue weighted by Gasteiger charge is -2.33. The third-order valence-electron chi connectivity index (χ3n) is 3.08. The van der Waals surface area contributed by atoms with Crippen molar-refractivity contribution in [2.75, 3.05) is 32.7 Å². The molecule has 1 saturated heterocycles. The summed E-state index contributed by atoms with van der Waals surface area (Å²) in [6.07, 6.45) is 5.30. The van der Waals surface area contributed by atoms with Crippen LogP contribution in [0, 0.1) is 12.3 Å². The van der Waals surface area contributed by atoms with Crippen LogP contribution < -0.4 is 0 Å². The number of hydrogen-bond donors (Lipinski definition) is 0. The maximum Gasteiger partial charge on any atom is 0.254 e. The molecule has 100 valence electrons. The van der Waals surface area contributed by atoms with E-state index in [0.29, 0.717) is 12.1 Å². The molecular weight excluding hydrogens is 372 g/mol. The second-order valence-electron chi connectivity index (χ2n) is 4.43. The van der Waals surface area contributed by atoms with Crippen molar-refractivity contribution in [3.05, 3.63) is 32.7 Å². The molecule has 1 aromatic carbocycles. The van der Waals surface area contributed by atoms with Gasteiger partial charge in [0.2, 0.25) is 0 Å². The molecule has 19 heavy (non-hydrogen) atoms. The highest BCUT2D eigenvalue weighted by Crippen LogP contribution is 2.21. The largest absolute Gasteiger partial charge is 0.336 e. The lowest BCUT2D eigenvalue weighted by Crippen LogP contribution is -2.48. The Hall–Kier alpha value is -0.830. The van der Waals surface area contributed by atoms with Crippen molar-refractivity contribution in [2.45, 2.75) is 0 Å². The fourth-order valence-electron chi connectivity index (χ4n) is 2.10. The number of hydrogen-bond acceptors (Lipinski definition) is 2. The molecule has 1 fully saturated rings. The fourth-order valence-corrected chi connectivity index (χ4v) is 3.39. The molecule has 0 saturated carbocycles. The molecule has 0 N–H and O–H groups in total. The van der Waals surface area contributed by atoms with Gasteiger partial charge >= 0.3 is 0 Å². The van der Waals surface area contributed by atoms with Crippen LogP contribution in [0.25, 0.3) is 0 Å². The summed E-state index contributed by atoms with van der Waals surface area (Å²) >= 11 is 6.81. The number of halogens is 2. The summed E-state index contributed by atoms with van der Waals surface area (Å²) in [5.41, 5.74) is 0.701. The zero-order chi connectivity index (χ0) is 13.8. The van der Waals surface area contributed by atoms with Crippen molar-refractivity contribution in [2.24, 2.45) is 0 Å². The number of carbonyl (C=O) groups excluding carboxylic acids is 1. The van der Waals surface area contributed by atoms with Gasteiger partial charge in [-0.1, -0.05) is 37.8 Å². The van der Waals surface area contributed by atoms with Crippen LogP contribution in [0.3, 0.4) is 0 Å². The first-order valence-electron chi connectivity index (χ1n) is 6.01. The van der Waals surface area contributed by atoms with Crippen LogP contribution in [-0.4, -0.2) is 48.4 Å². The lowest BCUT2D eigenvalue weighted by atomic mass is 10.2. The highest BCUT2D eigenvalue weighted by atomic mass is 79.9. The van der Waals surface area contributed by atoms with Crippen molar-refractivity contribution in [1.82, 2.24) is 9.80 Å². The Kier molecular flexibility index (Phi) is 5.03. The van der Waals surface area contributed by atoms with E-state index >= 15 is 0 Å². The predicted octanol–water partition coefficient (Wildman–Crippen LogP) is 2.60. The van der Waals surface area contributed by atoms with Gasteiger partial charge in [-0.25, -0.2) is 0 Å². The van der Waals surface area contributed by atoms with Gasteiger partial charge in [0.05, 0.1) is 6.54 Å². The van der Waals surface area contributed by atoms with Crippen LogP contribution in [0.4, 0.5) is 0 Å². The zero-order valence-corrected chi connectivity index (χ0v) is 13.6. The number of piperazine rings is 1. The second kappa shape index (κ2) is 6.56. The highest BCUT2D eigenvalue weighted by molar-refractivity contribution is 9.11. The van der Waals surface area contributed by atoms with Crippen LogP contribution in [0.2, 0.25) is 0 Å². The summed E-state index contributed by atoms with van der Waals surface area (Å²) < 4.78 is 1.80. The van der Waals surface area contributed by atoms with Gasteiger partial charge in [0.15, 0.2) is 0 Å². The van der Waals surface area contributed by atoms with Crippen molar-refractivity contribution in [3.8, 4) is 12.3 Å². The minimum Gasteiger partial charge on any atom is -0.336 e. The number of carbonyl (C=O) groups is 1. The summed E-state index contributed by atoms with van der Waals surface area (Å²) in [5.74, 6) is 2.71. The molecule has 0 atom stereocenters. The van der Waals surface area contributed by atoms with E-state index in [4.69, 9.17) is 6.42 Å². The van der Waals surface area contributed by atoms with E-state index in [1.54, 1.807) is 0 Å². The smallest absolute Gasteiger partial charge is 0.254 e. The van der Waals surface area contributed by atoms with E-state index in [1.807, 2.05) is 23.1 Å². The zero-order valence-electron chi connectivity index (χ0n) is 10.4. The van der Waals surface area contributed by atoms with Gasteiger partial charge in [-0.05, 0) is 18.2 Å². The number of benzene rings is 1. The molecule has 1 aliphatic heterocycles. The normalized spacial score (nSPS) is 16.2. The molecule has 0 unspecified atom stereocenters. The van der Waals surface area contributed by atoms with Crippen molar-refractivity contribution in [3.63, 3.8) is 0 Å². The molecule has 2 rings (SSSR count). The van der Waals surface area contributed by atoms with Crippen molar-refractivity contribution in [1.29, 1.82) is 0 Å². The molecule has 0 radical (unpaired) electrons. The Balaban J connectivity index is 2.03. The van der Waals surface area contributed by atoms with E-state index in [2.05, 4.69) is 42.7 Å². The van der Waals surface area contributed by atoms with E-state index in [-0.39, 0.29) is 5.91 Å². The van der Waals surface area contributed by atoms with Crippen molar-refractivity contribution < 1.29 is 4.79 Å². The van der Waals surface area contributed by atoms with Gasteiger partial charge in [-0.2, -0.15) is 0 Å². The van der Waals surface area contributed by atoms with Crippen LogP contribution in [-0.2, 0) is 0 Å². The van der Waals surface area contributed by atoms with Gasteiger partial charge in [-0.15, -0.1) is 6.42 Å². The van der Waals surface area contributed by atoms with Gasteiger partial charge in [0, 0.05) is 40.7 Å². The van der Waals surface area contributed by atoms with E-state index in [1.165, 1.54) is 0 Å². The lowest BCUT2D eigenvalue weighted by molar-refractivity contribution is 0.0652. The average molecular weight is 386 g/mol. The maximum atomic E-state index is 12.4. The quantitative estimate of drug-likeness (QED) is 0.730. The van der Waals surface area contributed by atoms with Crippen LogP contribution in [0.5, 0.6) is 0 Å². The van der Waals surface area contributed by atoms with Gasteiger partial charge < -0.3 is 4.90 Å². The molecule has 0 aliphatic carbocycles. The Morgan fingerprint density at radius 1 is 1.16 bits per heavy atom. The molecular formula is C14H14Br2N2O. The number of nitrogens with zero attached hydrogens (tertiary/aromatic N) is 2. The SMILES string of the molecule is C#CCN1CCN(C(=O)c2cc(Br)cc(Br)c2)CC1. The van der Waals surface area contributed by atoms with Crippen molar-refractivity contribution >= 4 is 37.8 Å². The molecule has 1 heterocycles. The summed E-state index contributed by atoms with van der Waals surface area (Å²) in [6, 6.07) is 5.61. The first-order chi connectivity index (χ1) is 9.10. The predicted molar refractivity (Wildman–Crippen MR) is 83.0 cm³/mol. The number of terminal acetylenes is 1. The minimum absolute atomic E-state index is 0.0716. The maximum absolute atomic E-state index is 12.4. The molecule has 5 heteroatoms. The molecule has 3 nitrogen and oxygen atoms in total. The number of rotatable bonds is 2. The molecule has 1 aliphatic rings. The van der Waals surface area contributed by atoms with Gasteiger partial charge in [0.1, 0.15) is 0 Å². The molecule has 0 bridgehead atoms. The second-order valence-corrected chi connectivity index (χ2v) is 6.26. The molecule has 0 aromatic heterocycles. The topological polar surface area (TPSA) is 23.6 Å². The average Bonchev–Trinajstić information content (AvgIpc) is 2.38. The Bertz CT molecular complexity index is 496. The van der Waals surface area contributed by atoms with E-state index < -0.39 is 0 Å². The summed E-state index contributed by atoms with van der Waals surface area (Å²) in [5, 5.41) is 0. The third-order valence-corrected chi connectivity index (χ3v) is 4.00. The Labute approximate surface area is 130 Å². The number of amides is 1. The standard InChI is InChI=1S/C14H14Br2N2O/c1-2-3-17-4-6-18(7-5-17)14(19)11-8-12(15)10-13(16)9-11/h1,8-10H,3-7H2. The highest BCUT2D eigenvalue weighted by Gasteiger charge is 2.21. The van der Waals surface area contributed by atoms with Crippen LogP contribution in [0.1, 0.15) is 10.4 Å². The van der Waals surface area contributed by atoms with E-state index in [0.717, 1.165) is 35.1 Å². The Morgan fingerprint density at radius 3 is 2.26 bits per heavy atom.